The van der Waals surface area contributed by atoms with Crippen molar-refractivity contribution in [2.75, 3.05) is 31.6 Å². The molecule has 2 aliphatic rings. The number of rotatable bonds is 2. The fourth-order valence-electron chi connectivity index (χ4n) is 5.19. The van der Waals surface area contributed by atoms with Gasteiger partial charge in [0.05, 0.1) is 22.2 Å². The molecule has 0 spiro atoms. The van der Waals surface area contributed by atoms with Crippen molar-refractivity contribution >= 4 is 56.1 Å². The largest absolute Gasteiger partial charge is 0.489 e. The molecule has 1 fully saturated rings. The zero-order valence-corrected chi connectivity index (χ0v) is 26.7. The molecule has 5 rings (SSSR count). The fraction of sp³-hybridized carbons (Fsp3) is 0.419. The number of benzene rings is 2. The van der Waals surface area contributed by atoms with E-state index in [1.165, 1.54) is 4.90 Å². The highest BCUT2D eigenvalue weighted by Gasteiger charge is 2.39. The van der Waals surface area contributed by atoms with Crippen LogP contribution in [0.1, 0.15) is 57.5 Å². The second kappa shape index (κ2) is 11.4. The van der Waals surface area contributed by atoms with Crippen LogP contribution in [-0.4, -0.2) is 71.4 Å². The molecule has 1 atom stereocenters. The van der Waals surface area contributed by atoms with Crippen LogP contribution in [0.15, 0.2) is 24.3 Å². The second-order valence-corrected chi connectivity index (χ2v) is 14.0. The summed E-state index contributed by atoms with van der Waals surface area (Å²) in [5, 5.41) is 13.2. The van der Waals surface area contributed by atoms with E-state index in [1.807, 2.05) is 0 Å². The van der Waals surface area contributed by atoms with Gasteiger partial charge in [-0.2, -0.15) is 5.26 Å². The molecule has 1 N–H and O–H groups in total. The van der Waals surface area contributed by atoms with Gasteiger partial charge in [-0.15, -0.1) is 11.3 Å². The number of nitriles is 1. The van der Waals surface area contributed by atoms with Crippen molar-refractivity contribution in [1.29, 1.82) is 5.26 Å². The van der Waals surface area contributed by atoms with Crippen molar-refractivity contribution in [2.24, 2.45) is 0 Å². The zero-order chi connectivity index (χ0) is 32.1. The van der Waals surface area contributed by atoms with Crippen molar-refractivity contribution in [3.63, 3.8) is 0 Å². The molecular formula is C31H32ClFN4O6S. The summed E-state index contributed by atoms with van der Waals surface area (Å²) in [5.74, 6) is -1.22. The summed E-state index contributed by atoms with van der Waals surface area (Å²) in [5.41, 5.74) is -1.09. The lowest BCUT2D eigenvalue weighted by Crippen LogP contribution is -2.58. The molecule has 2 aliphatic heterocycles. The number of carbonyl (C=O) groups excluding carboxylic acids is 3. The number of halogens is 2. The van der Waals surface area contributed by atoms with Crippen LogP contribution in [-0.2, 0) is 9.47 Å². The Balaban J connectivity index is 1.51. The van der Waals surface area contributed by atoms with Crippen LogP contribution in [0.25, 0.3) is 21.2 Å². The summed E-state index contributed by atoms with van der Waals surface area (Å²) >= 11 is 7.96. The first-order valence-corrected chi connectivity index (χ1v) is 15.2. The van der Waals surface area contributed by atoms with E-state index in [-0.39, 0.29) is 58.7 Å². The Labute approximate surface area is 263 Å². The lowest BCUT2D eigenvalue weighted by atomic mass is 9.96. The van der Waals surface area contributed by atoms with Crippen LogP contribution in [0.4, 0.5) is 19.0 Å². The van der Waals surface area contributed by atoms with E-state index in [2.05, 4.69) is 11.4 Å². The van der Waals surface area contributed by atoms with E-state index >= 15 is 4.39 Å². The molecule has 0 saturated carbocycles. The monoisotopic (exact) mass is 642 g/mol. The van der Waals surface area contributed by atoms with E-state index in [4.69, 9.17) is 25.8 Å². The van der Waals surface area contributed by atoms with Crippen molar-refractivity contribution < 1.29 is 33.0 Å². The molecule has 0 aliphatic carbocycles. The van der Waals surface area contributed by atoms with Crippen LogP contribution in [0.5, 0.6) is 5.75 Å². The van der Waals surface area contributed by atoms with E-state index in [0.29, 0.717) is 15.6 Å². The maximum absolute atomic E-state index is 16.0. The standard InChI is InChI=1S/C31H32ClFN4O6S/c1-30(2,3)42-28(39)35-26-19(13-34)22-17(8-7-9-21(22)44-26)23-20(33)12-18-25(24(23)32)41-15-16-14-36(10-11-37(16)27(18)38)29(40)43-31(4,5)6/h7-9,12,16H,10-11,14-15H2,1-6H3,(H,35,39)/t16-/m1/s1. The van der Waals surface area contributed by atoms with Crippen molar-refractivity contribution in [1.82, 2.24) is 9.80 Å². The minimum atomic E-state index is -0.777. The lowest BCUT2D eigenvalue weighted by Gasteiger charge is -2.40. The van der Waals surface area contributed by atoms with Gasteiger partial charge in [-0.25, -0.2) is 14.0 Å². The average Bonchev–Trinajstić information content (AvgIpc) is 3.20. The molecule has 0 radical (unpaired) electrons. The number of nitrogens with one attached hydrogen (secondary N) is 1. The zero-order valence-electron chi connectivity index (χ0n) is 25.2. The normalized spacial score (nSPS) is 16.8. The number of hydrogen-bond acceptors (Lipinski definition) is 8. The summed E-state index contributed by atoms with van der Waals surface area (Å²) in [6, 6.07) is 7.75. The molecule has 1 aromatic heterocycles. The Hall–Kier alpha value is -4.08. The van der Waals surface area contributed by atoms with Crippen LogP contribution >= 0.6 is 22.9 Å². The van der Waals surface area contributed by atoms with Gasteiger partial charge in [-0.1, -0.05) is 23.7 Å². The first-order valence-electron chi connectivity index (χ1n) is 14.0. The molecule has 3 heterocycles. The summed E-state index contributed by atoms with van der Waals surface area (Å²) in [6.07, 6.45) is -1.22. The summed E-state index contributed by atoms with van der Waals surface area (Å²) in [7, 11) is 0. The molecule has 13 heteroatoms. The van der Waals surface area contributed by atoms with Gasteiger partial charge in [0.1, 0.15) is 34.7 Å². The fourth-order valence-corrected chi connectivity index (χ4v) is 6.60. The highest BCUT2D eigenvalue weighted by atomic mass is 35.5. The van der Waals surface area contributed by atoms with E-state index in [1.54, 1.807) is 64.6 Å². The van der Waals surface area contributed by atoms with Gasteiger partial charge >= 0.3 is 12.2 Å². The Bertz CT molecular complexity index is 1720. The van der Waals surface area contributed by atoms with Gasteiger partial charge in [-0.05, 0) is 59.2 Å². The minimum absolute atomic E-state index is 0.0128. The van der Waals surface area contributed by atoms with Crippen LogP contribution < -0.4 is 10.1 Å². The SMILES string of the molecule is CC(C)(C)OC(=O)Nc1sc2cccc(-c3c(F)cc4c(c3Cl)OC[C@H]3CN(C(=O)OC(C)(C)C)CCN3C4=O)c2c1C#N. The van der Waals surface area contributed by atoms with Crippen LogP contribution in [0.3, 0.4) is 0 Å². The van der Waals surface area contributed by atoms with E-state index in [9.17, 15) is 19.6 Å². The number of anilines is 1. The van der Waals surface area contributed by atoms with Gasteiger partial charge in [-0.3, -0.25) is 10.1 Å². The van der Waals surface area contributed by atoms with Crippen LogP contribution in [0.2, 0.25) is 5.02 Å². The van der Waals surface area contributed by atoms with E-state index < -0.39 is 41.2 Å². The van der Waals surface area contributed by atoms with Gasteiger partial charge in [0.15, 0.2) is 5.75 Å². The lowest BCUT2D eigenvalue weighted by molar-refractivity contribution is 0.000946. The molecule has 3 amide bonds. The van der Waals surface area contributed by atoms with Crippen LogP contribution in [0, 0.1) is 17.1 Å². The van der Waals surface area contributed by atoms with Crippen molar-refractivity contribution in [3.8, 4) is 22.9 Å². The molecule has 2 aromatic carbocycles. The average molecular weight is 643 g/mol. The number of thiophene rings is 1. The van der Waals surface area contributed by atoms with Gasteiger partial charge in [0.25, 0.3) is 5.91 Å². The number of piperazine rings is 1. The number of ether oxygens (including phenoxy) is 3. The van der Waals surface area contributed by atoms with Gasteiger partial charge < -0.3 is 24.0 Å². The van der Waals surface area contributed by atoms with E-state index in [0.717, 1.165) is 17.4 Å². The number of fused-ring (bicyclic) bond motifs is 3. The number of nitrogens with zero attached hydrogens (tertiary/aromatic N) is 3. The third kappa shape index (κ3) is 6.12. The predicted molar refractivity (Wildman–Crippen MR) is 165 cm³/mol. The molecular weight excluding hydrogens is 611 g/mol. The molecule has 0 unspecified atom stereocenters. The summed E-state index contributed by atoms with van der Waals surface area (Å²) < 4.78 is 33.5. The smallest absolute Gasteiger partial charge is 0.412 e. The number of carbonyl (C=O) groups is 3. The predicted octanol–water partition coefficient (Wildman–Crippen LogP) is 7.03. The highest BCUT2D eigenvalue weighted by molar-refractivity contribution is 7.23. The molecule has 1 saturated heterocycles. The third-order valence-corrected chi connectivity index (χ3v) is 8.36. The third-order valence-electron chi connectivity index (χ3n) is 6.93. The maximum atomic E-state index is 16.0. The Morgan fingerprint density at radius 1 is 1.14 bits per heavy atom. The van der Waals surface area contributed by atoms with Gasteiger partial charge in [0.2, 0.25) is 0 Å². The summed E-state index contributed by atoms with van der Waals surface area (Å²) in [4.78, 5) is 41.9. The summed E-state index contributed by atoms with van der Waals surface area (Å²) in [6.45, 7) is 11.1. The molecule has 10 nitrogen and oxygen atoms in total. The second-order valence-electron chi connectivity index (χ2n) is 12.5. The first kappa shape index (κ1) is 31.3. The molecule has 3 aromatic rings. The molecule has 44 heavy (non-hydrogen) atoms. The first-order chi connectivity index (χ1) is 20.6. The minimum Gasteiger partial charge on any atom is -0.489 e. The maximum Gasteiger partial charge on any atom is 0.412 e. The topological polar surface area (TPSA) is 121 Å². The number of hydrogen-bond donors (Lipinski definition) is 1. The molecule has 232 valence electrons. The molecule has 0 bridgehead atoms. The Kier molecular flexibility index (Phi) is 8.16. The highest BCUT2D eigenvalue weighted by Crippen LogP contribution is 2.47. The van der Waals surface area contributed by atoms with Gasteiger partial charge in [0, 0.05) is 35.3 Å². The number of amides is 3. The quantitative estimate of drug-likeness (QED) is 0.318. The Morgan fingerprint density at radius 3 is 2.50 bits per heavy atom. The Morgan fingerprint density at radius 2 is 1.84 bits per heavy atom. The van der Waals surface area contributed by atoms with Crippen molar-refractivity contribution in [2.45, 2.75) is 58.8 Å². The van der Waals surface area contributed by atoms with Crippen molar-refractivity contribution in [3.05, 3.63) is 46.2 Å².